The molecule has 0 aliphatic carbocycles. The molecule has 0 spiro atoms. The Morgan fingerprint density at radius 1 is 1.04 bits per heavy atom. The van der Waals surface area contributed by atoms with Crippen molar-refractivity contribution in [3.8, 4) is 11.3 Å². The Morgan fingerprint density at radius 2 is 1.79 bits per heavy atom. The molecule has 2 aromatic carbocycles. The number of hydrogen-bond acceptors (Lipinski definition) is 4. The number of para-hydroxylation sites is 1. The minimum Gasteiger partial charge on any atom is -0.372 e. The number of fused-ring (bicyclic) bond motifs is 1. The number of rotatable bonds is 3. The molecule has 1 amide bonds. The zero-order valence-corrected chi connectivity index (χ0v) is 13.3. The molecule has 2 N–H and O–H groups in total. The molecule has 3 aromatic rings. The van der Waals surface area contributed by atoms with Crippen LogP contribution in [-0.4, -0.2) is 29.0 Å². The lowest BCUT2D eigenvalue weighted by molar-refractivity contribution is 0.100. The topological polar surface area (TPSA) is 72.1 Å². The predicted molar refractivity (Wildman–Crippen MR) is 94.9 cm³/mol. The van der Waals surface area contributed by atoms with Crippen molar-refractivity contribution in [3.63, 3.8) is 0 Å². The van der Waals surface area contributed by atoms with Crippen LogP contribution in [0.5, 0.6) is 0 Å². The minimum atomic E-state index is -0.488. The van der Waals surface area contributed by atoms with E-state index in [1.807, 2.05) is 6.07 Å². The average molecular weight is 318 g/mol. The molecule has 24 heavy (non-hydrogen) atoms. The molecule has 120 valence electrons. The zero-order chi connectivity index (χ0) is 16.5. The minimum absolute atomic E-state index is 0.399. The molecule has 1 aromatic heterocycles. The summed E-state index contributed by atoms with van der Waals surface area (Å²) < 4.78 is 0. The lowest BCUT2D eigenvalue weighted by Gasteiger charge is -2.17. The third-order valence-electron chi connectivity index (χ3n) is 4.47. The van der Waals surface area contributed by atoms with Gasteiger partial charge < -0.3 is 10.6 Å². The number of carbonyl (C=O) groups excluding carboxylic acids is 1. The summed E-state index contributed by atoms with van der Waals surface area (Å²) in [7, 11) is 0. The number of hydrogen-bond donors (Lipinski definition) is 1. The molecule has 0 unspecified atom stereocenters. The van der Waals surface area contributed by atoms with Gasteiger partial charge >= 0.3 is 0 Å². The summed E-state index contributed by atoms with van der Waals surface area (Å²) in [4.78, 5) is 22.9. The van der Waals surface area contributed by atoms with E-state index in [1.54, 1.807) is 18.3 Å². The van der Waals surface area contributed by atoms with Gasteiger partial charge in [0.25, 0.3) is 5.91 Å². The van der Waals surface area contributed by atoms with E-state index in [-0.39, 0.29) is 0 Å². The number of carbonyl (C=O) groups is 1. The number of anilines is 1. The fourth-order valence-electron chi connectivity index (χ4n) is 3.20. The van der Waals surface area contributed by atoms with Crippen molar-refractivity contribution >= 4 is 22.6 Å². The zero-order valence-electron chi connectivity index (χ0n) is 13.3. The van der Waals surface area contributed by atoms with E-state index >= 15 is 0 Å². The highest BCUT2D eigenvalue weighted by Gasteiger charge is 2.13. The third-order valence-corrected chi connectivity index (χ3v) is 4.47. The van der Waals surface area contributed by atoms with Gasteiger partial charge in [0.2, 0.25) is 0 Å². The molecule has 0 bridgehead atoms. The normalized spacial score (nSPS) is 14.2. The Bertz CT molecular complexity index is 899. The first-order valence-corrected chi connectivity index (χ1v) is 8.13. The second kappa shape index (κ2) is 5.92. The maximum Gasteiger partial charge on any atom is 0.250 e. The van der Waals surface area contributed by atoms with E-state index in [1.165, 1.54) is 18.5 Å². The van der Waals surface area contributed by atoms with Gasteiger partial charge in [-0.25, -0.2) is 4.98 Å². The van der Waals surface area contributed by atoms with Crippen molar-refractivity contribution in [2.45, 2.75) is 12.8 Å². The third kappa shape index (κ3) is 2.58. The van der Waals surface area contributed by atoms with Gasteiger partial charge in [-0.15, -0.1) is 0 Å². The van der Waals surface area contributed by atoms with Crippen molar-refractivity contribution in [1.82, 2.24) is 9.97 Å². The van der Waals surface area contributed by atoms with Gasteiger partial charge in [-0.3, -0.25) is 9.78 Å². The van der Waals surface area contributed by atoms with Gasteiger partial charge in [0.1, 0.15) is 5.52 Å². The van der Waals surface area contributed by atoms with Crippen LogP contribution in [0.4, 0.5) is 5.69 Å². The van der Waals surface area contributed by atoms with Gasteiger partial charge in [0, 0.05) is 24.3 Å². The van der Waals surface area contributed by atoms with Crippen molar-refractivity contribution < 1.29 is 4.79 Å². The summed E-state index contributed by atoms with van der Waals surface area (Å²) in [6, 6.07) is 13.7. The first-order chi connectivity index (χ1) is 11.7. The van der Waals surface area contributed by atoms with E-state index in [2.05, 4.69) is 39.1 Å². The van der Waals surface area contributed by atoms with Crippen LogP contribution < -0.4 is 10.6 Å². The van der Waals surface area contributed by atoms with Crippen LogP contribution in [0.25, 0.3) is 22.3 Å². The Kier molecular flexibility index (Phi) is 3.61. The number of nitrogens with zero attached hydrogens (tertiary/aromatic N) is 3. The summed E-state index contributed by atoms with van der Waals surface area (Å²) in [5, 5.41) is 0. The molecule has 1 aliphatic heterocycles. The van der Waals surface area contributed by atoms with Crippen LogP contribution in [0.3, 0.4) is 0 Å². The second-order valence-electron chi connectivity index (χ2n) is 6.03. The molecular formula is C19H18N4O. The summed E-state index contributed by atoms with van der Waals surface area (Å²) in [6.45, 7) is 2.26. The molecule has 5 heteroatoms. The van der Waals surface area contributed by atoms with Crippen LogP contribution in [-0.2, 0) is 0 Å². The summed E-state index contributed by atoms with van der Waals surface area (Å²) in [5.74, 6) is -0.488. The van der Waals surface area contributed by atoms with Crippen LogP contribution in [0, 0.1) is 0 Å². The summed E-state index contributed by atoms with van der Waals surface area (Å²) in [6.07, 6.45) is 4.22. The smallest absolute Gasteiger partial charge is 0.250 e. The van der Waals surface area contributed by atoms with Crippen molar-refractivity contribution in [1.29, 1.82) is 0 Å². The number of aromatic nitrogens is 2. The predicted octanol–water partition coefficient (Wildman–Crippen LogP) is 3.00. The SMILES string of the molecule is NC(=O)c1cccc2nc(-c3ccc(N4CCCC4)cc3)cnc12. The molecule has 1 aliphatic rings. The molecular weight excluding hydrogens is 300 g/mol. The maximum atomic E-state index is 11.5. The number of amides is 1. The Balaban J connectivity index is 1.70. The lowest BCUT2D eigenvalue weighted by Crippen LogP contribution is -2.17. The largest absolute Gasteiger partial charge is 0.372 e. The molecule has 0 saturated carbocycles. The summed E-state index contributed by atoms with van der Waals surface area (Å²) >= 11 is 0. The average Bonchev–Trinajstić information content (AvgIpc) is 3.15. The monoisotopic (exact) mass is 318 g/mol. The molecule has 1 saturated heterocycles. The van der Waals surface area contributed by atoms with Crippen molar-refractivity contribution in [2.24, 2.45) is 5.73 Å². The van der Waals surface area contributed by atoms with Crippen LogP contribution in [0.2, 0.25) is 0 Å². The first kappa shape index (κ1) is 14.6. The fourth-order valence-corrected chi connectivity index (χ4v) is 3.20. The van der Waals surface area contributed by atoms with E-state index in [0.29, 0.717) is 16.6 Å². The highest BCUT2D eigenvalue weighted by Crippen LogP contribution is 2.25. The molecule has 1 fully saturated rings. The van der Waals surface area contributed by atoms with Crippen LogP contribution in [0.15, 0.2) is 48.7 Å². The van der Waals surface area contributed by atoms with Crippen molar-refractivity contribution in [2.75, 3.05) is 18.0 Å². The van der Waals surface area contributed by atoms with Gasteiger partial charge in [-0.1, -0.05) is 18.2 Å². The highest BCUT2D eigenvalue weighted by atomic mass is 16.1. The second-order valence-corrected chi connectivity index (χ2v) is 6.03. The molecule has 5 nitrogen and oxygen atoms in total. The number of nitrogens with two attached hydrogens (primary N) is 1. The quantitative estimate of drug-likeness (QED) is 0.806. The fraction of sp³-hybridized carbons (Fsp3) is 0.211. The van der Waals surface area contributed by atoms with Crippen molar-refractivity contribution in [3.05, 3.63) is 54.2 Å². The van der Waals surface area contributed by atoms with Gasteiger partial charge in [0.15, 0.2) is 0 Å². The molecule has 0 radical (unpaired) electrons. The Morgan fingerprint density at radius 3 is 2.50 bits per heavy atom. The van der Waals surface area contributed by atoms with Gasteiger partial charge in [-0.2, -0.15) is 0 Å². The first-order valence-electron chi connectivity index (χ1n) is 8.13. The molecule has 0 atom stereocenters. The lowest BCUT2D eigenvalue weighted by atomic mass is 10.1. The van der Waals surface area contributed by atoms with E-state index in [9.17, 15) is 4.79 Å². The van der Waals surface area contributed by atoms with Gasteiger partial charge in [-0.05, 0) is 37.1 Å². The Labute approximate surface area is 140 Å². The molecule has 2 heterocycles. The van der Waals surface area contributed by atoms with E-state index in [0.717, 1.165) is 24.3 Å². The van der Waals surface area contributed by atoms with E-state index < -0.39 is 5.91 Å². The number of primary amides is 1. The van der Waals surface area contributed by atoms with Crippen LogP contribution in [0.1, 0.15) is 23.2 Å². The van der Waals surface area contributed by atoms with Crippen LogP contribution >= 0.6 is 0 Å². The Hall–Kier alpha value is -2.95. The standard InChI is InChI=1S/C19H18N4O/c20-19(24)15-4-3-5-16-18(15)21-12-17(22-16)13-6-8-14(9-7-13)23-10-1-2-11-23/h3-9,12H,1-2,10-11H2,(H2,20,24). The summed E-state index contributed by atoms with van der Waals surface area (Å²) in [5.41, 5.74) is 10.1. The van der Waals surface area contributed by atoms with Gasteiger partial charge in [0.05, 0.1) is 23.0 Å². The van der Waals surface area contributed by atoms with E-state index in [4.69, 9.17) is 5.73 Å². The number of benzene rings is 2. The molecule has 4 rings (SSSR count). The maximum absolute atomic E-state index is 11.5. The highest BCUT2D eigenvalue weighted by molar-refractivity contribution is 6.04.